The van der Waals surface area contributed by atoms with Crippen LogP contribution in [-0.4, -0.2) is 19.5 Å². The van der Waals surface area contributed by atoms with Gasteiger partial charge in [-0.2, -0.15) is 0 Å². The number of rotatable bonds is 6. The maximum absolute atomic E-state index is 12.4. The standard InChI is InChI=1S/C18H23BrN2OS/c1-12(2)15-7-5-6-13(3)18(15)20-17(22)11-21(4)10-14-8-9-16(19)23-14/h5-9,12H,10-11H2,1-4H3,(H,20,22)/p+1. The van der Waals surface area contributed by atoms with E-state index in [2.05, 4.69) is 60.3 Å². The number of nitrogens with one attached hydrogen (secondary N) is 2. The number of para-hydroxylation sites is 1. The fourth-order valence-electron chi connectivity index (χ4n) is 2.61. The van der Waals surface area contributed by atoms with Crippen molar-refractivity contribution >= 4 is 38.9 Å². The summed E-state index contributed by atoms with van der Waals surface area (Å²) < 4.78 is 1.13. The Balaban J connectivity index is 1.99. The van der Waals surface area contributed by atoms with Crippen molar-refractivity contribution in [3.63, 3.8) is 0 Å². The fourth-order valence-corrected chi connectivity index (χ4v) is 4.20. The molecule has 0 aliphatic rings. The number of anilines is 1. The molecule has 0 bridgehead atoms. The molecule has 0 radical (unpaired) electrons. The minimum absolute atomic E-state index is 0.0642. The maximum Gasteiger partial charge on any atom is 0.279 e. The molecule has 2 rings (SSSR count). The predicted octanol–water partition coefficient (Wildman–Crippen LogP) is 3.60. The third-order valence-electron chi connectivity index (χ3n) is 3.76. The van der Waals surface area contributed by atoms with Gasteiger partial charge in [0.1, 0.15) is 6.54 Å². The third-order valence-corrected chi connectivity index (χ3v) is 5.38. The van der Waals surface area contributed by atoms with Crippen molar-refractivity contribution in [1.82, 2.24) is 0 Å². The average molecular weight is 396 g/mol. The maximum atomic E-state index is 12.4. The Labute approximate surface area is 150 Å². The molecular formula is C18H24BrN2OS+. The Hall–Kier alpha value is -1.17. The highest BCUT2D eigenvalue weighted by Gasteiger charge is 2.15. The number of hydrogen-bond acceptors (Lipinski definition) is 2. The monoisotopic (exact) mass is 395 g/mol. The highest BCUT2D eigenvalue weighted by atomic mass is 79.9. The SMILES string of the molecule is Cc1cccc(C(C)C)c1NC(=O)C[NH+](C)Cc1ccc(Br)s1. The number of quaternary nitrogens is 1. The molecule has 0 spiro atoms. The van der Waals surface area contributed by atoms with E-state index in [1.807, 2.05) is 19.1 Å². The van der Waals surface area contributed by atoms with Crippen LogP contribution in [0.3, 0.4) is 0 Å². The summed E-state index contributed by atoms with van der Waals surface area (Å²) in [7, 11) is 2.05. The summed E-state index contributed by atoms with van der Waals surface area (Å²) in [5, 5.41) is 3.12. The number of amides is 1. The Morgan fingerprint density at radius 3 is 2.65 bits per heavy atom. The molecule has 0 saturated carbocycles. The summed E-state index contributed by atoms with van der Waals surface area (Å²) in [4.78, 5) is 14.9. The van der Waals surface area contributed by atoms with E-state index in [1.165, 1.54) is 15.3 Å². The van der Waals surface area contributed by atoms with E-state index in [4.69, 9.17) is 0 Å². The van der Waals surface area contributed by atoms with Crippen molar-refractivity contribution in [3.8, 4) is 0 Å². The molecule has 3 nitrogen and oxygen atoms in total. The third kappa shape index (κ3) is 5.16. The zero-order chi connectivity index (χ0) is 17.0. The van der Waals surface area contributed by atoms with Crippen LogP contribution < -0.4 is 10.2 Å². The lowest BCUT2D eigenvalue weighted by Gasteiger charge is -2.18. The van der Waals surface area contributed by atoms with Crippen LogP contribution in [0.2, 0.25) is 0 Å². The summed E-state index contributed by atoms with van der Waals surface area (Å²) in [6.07, 6.45) is 0. The summed E-state index contributed by atoms with van der Waals surface area (Å²) >= 11 is 5.20. The van der Waals surface area contributed by atoms with Crippen molar-refractivity contribution in [1.29, 1.82) is 0 Å². The molecule has 5 heteroatoms. The first-order valence-corrected chi connectivity index (χ1v) is 9.42. The number of thiophene rings is 1. The molecule has 1 heterocycles. The number of hydrogen-bond donors (Lipinski definition) is 2. The largest absolute Gasteiger partial charge is 0.325 e. The second kappa shape index (κ2) is 8.08. The van der Waals surface area contributed by atoms with Crippen molar-refractivity contribution < 1.29 is 9.69 Å². The molecule has 0 aliphatic heterocycles. The van der Waals surface area contributed by atoms with Crippen molar-refractivity contribution in [2.24, 2.45) is 0 Å². The van der Waals surface area contributed by atoms with Gasteiger partial charge in [-0.25, -0.2) is 0 Å². The second-order valence-electron chi connectivity index (χ2n) is 6.26. The van der Waals surface area contributed by atoms with Gasteiger partial charge in [-0.05, 0) is 52.0 Å². The minimum Gasteiger partial charge on any atom is -0.325 e. The van der Waals surface area contributed by atoms with Crippen LogP contribution in [0.15, 0.2) is 34.1 Å². The zero-order valence-corrected chi connectivity index (χ0v) is 16.5. The molecular weight excluding hydrogens is 372 g/mol. The number of carbonyl (C=O) groups excluding carboxylic acids is 1. The normalized spacial score (nSPS) is 12.4. The molecule has 124 valence electrons. The number of likely N-dealkylation sites (N-methyl/N-ethyl adjacent to an activating group) is 1. The van der Waals surface area contributed by atoms with E-state index in [9.17, 15) is 4.79 Å². The van der Waals surface area contributed by atoms with Gasteiger partial charge < -0.3 is 10.2 Å². The summed E-state index contributed by atoms with van der Waals surface area (Å²) in [6.45, 7) is 7.66. The zero-order valence-electron chi connectivity index (χ0n) is 14.1. The number of aryl methyl sites for hydroxylation is 1. The van der Waals surface area contributed by atoms with Crippen molar-refractivity contribution in [2.75, 3.05) is 18.9 Å². The molecule has 0 aliphatic carbocycles. The smallest absolute Gasteiger partial charge is 0.279 e. The quantitative estimate of drug-likeness (QED) is 0.769. The summed E-state index contributed by atoms with van der Waals surface area (Å²) in [5.74, 6) is 0.452. The van der Waals surface area contributed by atoms with Crippen LogP contribution in [0.25, 0.3) is 0 Å². The molecule has 2 aromatic rings. The van der Waals surface area contributed by atoms with Gasteiger partial charge in [0.25, 0.3) is 5.91 Å². The van der Waals surface area contributed by atoms with Gasteiger partial charge in [0.05, 0.1) is 15.7 Å². The van der Waals surface area contributed by atoms with Gasteiger partial charge in [0.15, 0.2) is 6.54 Å². The van der Waals surface area contributed by atoms with Crippen LogP contribution in [0.1, 0.15) is 35.8 Å². The van der Waals surface area contributed by atoms with Crippen molar-refractivity contribution in [3.05, 3.63) is 50.1 Å². The van der Waals surface area contributed by atoms with Gasteiger partial charge in [-0.1, -0.05) is 32.0 Å². The highest BCUT2D eigenvalue weighted by Crippen LogP contribution is 2.27. The average Bonchev–Trinajstić information content (AvgIpc) is 2.85. The number of halogens is 1. The molecule has 0 fully saturated rings. The van der Waals surface area contributed by atoms with Gasteiger partial charge >= 0.3 is 0 Å². The minimum atomic E-state index is 0.0642. The summed E-state index contributed by atoms with van der Waals surface area (Å²) in [5.41, 5.74) is 3.28. The van der Waals surface area contributed by atoms with Crippen LogP contribution in [0.4, 0.5) is 5.69 Å². The first-order chi connectivity index (χ1) is 10.9. The molecule has 1 unspecified atom stereocenters. The Morgan fingerprint density at radius 2 is 2.04 bits per heavy atom. The lowest BCUT2D eigenvalue weighted by molar-refractivity contribution is -0.884. The summed E-state index contributed by atoms with van der Waals surface area (Å²) in [6, 6.07) is 10.3. The predicted molar refractivity (Wildman–Crippen MR) is 101 cm³/mol. The number of benzene rings is 1. The lowest BCUT2D eigenvalue weighted by Crippen LogP contribution is -3.08. The van der Waals surface area contributed by atoms with Gasteiger partial charge in [-0.15, -0.1) is 11.3 Å². The van der Waals surface area contributed by atoms with Crippen LogP contribution in [-0.2, 0) is 11.3 Å². The molecule has 0 saturated heterocycles. The van der Waals surface area contributed by atoms with E-state index in [-0.39, 0.29) is 5.91 Å². The molecule has 1 aromatic heterocycles. The Kier molecular flexibility index (Phi) is 6.39. The van der Waals surface area contributed by atoms with Crippen LogP contribution in [0, 0.1) is 6.92 Å². The fraction of sp³-hybridized carbons (Fsp3) is 0.389. The van der Waals surface area contributed by atoms with Crippen molar-refractivity contribution in [2.45, 2.75) is 33.2 Å². The Bertz CT molecular complexity index is 681. The molecule has 1 aromatic carbocycles. The van der Waals surface area contributed by atoms with E-state index in [1.54, 1.807) is 11.3 Å². The van der Waals surface area contributed by atoms with E-state index >= 15 is 0 Å². The molecule has 2 N–H and O–H groups in total. The lowest BCUT2D eigenvalue weighted by atomic mass is 9.98. The topological polar surface area (TPSA) is 33.5 Å². The first-order valence-electron chi connectivity index (χ1n) is 7.81. The highest BCUT2D eigenvalue weighted by molar-refractivity contribution is 9.11. The first kappa shape index (κ1) is 18.2. The van der Waals surface area contributed by atoms with E-state index in [0.717, 1.165) is 21.6 Å². The van der Waals surface area contributed by atoms with Gasteiger partial charge in [-0.3, -0.25) is 4.79 Å². The second-order valence-corrected chi connectivity index (χ2v) is 8.81. The van der Waals surface area contributed by atoms with Crippen LogP contribution in [0.5, 0.6) is 0 Å². The van der Waals surface area contributed by atoms with E-state index < -0.39 is 0 Å². The Morgan fingerprint density at radius 1 is 1.30 bits per heavy atom. The van der Waals surface area contributed by atoms with Crippen LogP contribution >= 0.6 is 27.3 Å². The molecule has 1 amide bonds. The molecule has 1 atom stereocenters. The van der Waals surface area contributed by atoms with Gasteiger partial charge in [0.2, 0.25) is 0 Å². The molecule has 23 heavy (non-hydrogen) atoms. The van der Waals surface area contributed by atoms with Gasteiger partial charge in [0, 0.05) is 5.69 Å². The van der Waals surface area contributed by atoms with E-state index in [0.29, 0.717) is 12.5 Å². The number of carbonyl (C=O) groups is 1.